The molecule has 2 aromatic carbocycles. The average Bonchev–Trinajstić information content (AvgIpc) is 2.68. The fourth-order valence-corrected chi connectivity index (χ4v) is 3.13. The minimum atomic E-state index is -0.713. The number of carbonyl (C=O) groups excluding carboxylic acids is 1. The molecule has 0 spiro atoms. The van der Waals surface area contributed by atoms with Crippen molar-refractivity contribution in [2.24, 2.45) is 4.99 Å². The zero-order valence-corrected chi connectivity index (χ0v) is 15.5. The molecule has 1 unspecified atom stereocenters. The van der Waals surface area contributed by atoms with Crippen molar-refractivity contribution in [3.8, 4) is 0 Å². The third-order valence-electron chi connectivity index (χ3n) is 3.92. The molecule has 0 saturated heterocycles. The van der Waals surface area contributed by atoms with E-state index < -0.39 is 6.04 Å². The summed E-state index contributed by atoms with van der Waals surface area (Å²) in [5, 5.41) is 0.736. The molecule has 0 aliphatic heterocycles. The number of hydrogen-bond acceptors (Lipinski definition) is 3. The van der Waals surface area contributed by atoms with E-state index >= 15 is 0 Å². The third-order valence-corrected chi connectivity index (χ3v) is 4.60. The number of nitrogens with zero attached hydrogens (tertiary/aromatic N) is 2. The molecule has 1 atom stereocenters. The number of aromatic nitrogens is 1. The highest BCUT2D eigenvalue weighted by atomic mass is 35.5. The quantitative estimate of drug-likeness (QED) is 0.211. The van der Waals surface area contributed by atoms with E-state index in [1.54, 1.807) is 28.8 Å². The van der Waals surface area contributed by atoms with Crippen LogP contribution in [-0.4, -0.2) is 10.8 Å². The minimum Gasteiger partial charge on any atom is -0.758 e. The van der Waals surface area contributed by atoms with Gasteiger partial charge >= 0.3 is 0 Å². The summed E-state index contributed by atoms with van der Waals surface area (Å²) in [5.74, 6) is -0.173. The van der Waals surface area contributed by atoms with Gasteiger partial charge < -0.3 is 17.6 Å². The summed E-state index contributed by atoms with van der Waals surface area (Å²) in [6, 6.07) is 21.7. The molecule has 0 fully saturated rings. The first-order valence-corrected chi connectivity index (χ1v) is 8.95. The van der Waals surface area contributed by atoms with Crippen LogP contribution in [-0.2, 0) is 19.2 Å². The van der Waals surface area contributed by atoms with E-state index in [4.69, 9.17) is 24.2 Å². The van der Waals surface area contributed by atoms with Gasteiger partial charge in [-0.2, -0.15) is 4.57 Å². The predicted molar refractivity (Wildman–Crippen MR) is 106 cm³/mol. The van der Waals surface area contributed by atoms with Gasteiger partial charge in [-0.15, -0.1) is 0 Å². The van der Waals surface area contributed by atoms with E-state index in [0.717, 1.165) is 5.56 Å². The van der Waals surface area contributed by atoms with Crippen molar-refractivity contribution in [1.29, 1.82) is 0 Å². The lowest BCUT2D eigenvalue weighted by Gasteiger charge is -2.19. The maximum Gasteiger partial charge on any atom is 0.237 e. The van der Waals surface area contributed by atoms with Crippen LogP contribution in [0.4, 0.5) is 0 Å². The van der Waals surface area contributed by atoms with Crippen molar-refractivity contribution in [3.63, 3.8) is 0 Å². The normalized spacial score (nSPS) is 12.6. The summed E-state index contributed by atoms with van der Waals surface area (Å²) in [4.78, 5) is 17.7. The Kier molecular flexibility index (Phi) is 6.10. The van der Waals surface area contributed by atoms with Gasteiger partial charge in [0.05, 0.1) is 11.6 Å². The molecule has 3 nitrogen and oxygen atoms in total. The maximum absolute atomic E-state index is 13.2. The monoisotopic (exact) mass is 380 g/mol. The summed E-state index contributed by atoms with van der Waals surface area (Å²) in [6.07, 6.45) is 3.62. The Hall–Kier alpha value is -2.56. The summed E-state index contributed by atoms with van der Waals surface area (Å²) in [6.45, 7) is 0.430. The zero-order chi connectivity index (χ0) is 18.4. The number of Topliss-reactive ketones (excluding diaryl/α,β-unsaturated/α-hetero) is 1. The van der Waals surface area contributed by atoms with Crippen LogP contribution in [0.3, 0.4) is 0 Å². The average molecular weight is 381 g/mol. The van der Waals surface area contributed by atoms with Crippen LogP contribution in [0.25, 0.3) is 0 Å². The largest absolute Gasteiger partial charge is 0.758 e. The zero-order valence-electron chi connectivity index (χ0n) is 14.0. The molecule has 0 N–H and O–H groups in total. The molecule has 0 radical (unpaired) electrons. The van der Waals surface area contributed by atoms with E-state index in [9.17, 15) is 4.79 Å². The molecule has 5 heteroatoms. The van der Waals surface area contributed by atoms with Gasteiger partial charge in [-0.3, -0.25) is 4.79 Å². The van der Waals surface area contributed by atoms with E-state index in [2.05, 4.69) is 4.99 Å². The fraction of sp³-hybridized carbons (Fsp3) is 0.0952. The number of aliphatic imine (C=N–C) groups is 1. The van der Waals surface area contributed by atoms with Gasteiger partial charge in [0.1, 0.15) is 0 Å². The van der Waals surface area contributed by atoms with Crippen LogP contribution in [0.5, 0.6) is 0 Å². The highest BCUT2D eigenvalue weighted by molar-refractivity contribution is 7.77. The number of rotatable bonds is 6. The number of hydrogen-bond donors (Lipinski definition) is 0. The second-order valence-corrected chi connectivity index (χ2v) is 6.53. The minimum absolute atomic E-state index is 0.173. The van der Waals surface area contributed by atoms with Gasteiger partial charge in [-0.05, 0) is 22.7 Å². The molecule has 130 valence electrons. The summed E-state index contributed by atoms with van der Waals surface area (Å²) < 4.78 is 1.77. The molecular formula is C21H17ClN2OS. The van der Waals surface area contributed by atoms with Gasteiger partial charge in [0.25, 0.3) is 0 Å². The van der Waals surface area contributed by atoms with Crippen molar-refractivity contribution >= 4 is 35.1 Å². The second-order valence-electron chi connectivity index (χ2n) is 5.71. The first-order chi connectivity index (χ1) is 12.7. The van der Waals surface area contributed by atoms with Crippen LogP contribution < -0.4 is 4.57 Å². The molecule has 0 saturated carbocycles. The molecule has 1 aromatic heterocycles. The van der Waals surface area contributed by atoms with Crippen molar-refractivity contribution in [2.45, 2.75) is 12.6 Å². The van der Waals surface area contributed by atoms with Crippen LogP contribution in [0.15, 0.2) is 90.2 Å². The van der Waals surface area contributed by atoms with Crippen molar-refractivity contribution < 1.29 is 9.36 Å². The second kappa shape index (κ2) is 8.70. The lowest BCUT2D eigenvalue weighted by atomic mass is 10.0. The molecule has 0 aliphatic carbocycles. The molecule has 3 rings (SSSR count). The van der Waals surface area contributed by atoms with E-state index in [0.29, 0.717) is 22.2 Å². The highest BCUT2D eigenvalue weighted by Gasteiger charge is 2.29. The number of pyridine rings is 1. The van der Waals surface area contributed by atoms with E-state index in [1.165, 1.54) is 0 Å². The molecule has 0 aliphatic rings. The van der Waals surface area contributed by atoms with Gasteiger partial charge in [-0.25, -0.2) is 0 Å². The van der Waals surface area contributed by atoms with Gasteiger partial charge in [0, 0.05) is 17.7 Å². The van der Waals surface area contributed by atoms with Crippen LogP contribution >= 0.6 is 11.6 Å². The molecule has 0 amide bonds. The van der Waals surface area contributed by atoms with Crippen LogP contribution in [0, 0.1) is 0 Å². The number of benzene rings is 2. The first-order valence-electron chi connectivity index (χ1n) is 8.16. The Morgan fingerprint density at radius 1 is 0.962 bits per heavy atom. The van der Waals surface area contributed by atoms with E-state index in [1.807, 2.05) is 60.9 Å². The first kappa shape index (κ1) is 18.2. The van der Waals surface area contributed by atoms with Crippen LogP contribution in [0.2, 0.25) is 5.02 Å². The van der Waals surface area contributed by atoms with Gasteiger partial charge in [0.15, 0.2) is 12.4 Å². The Morgan fingerprint density at radius 2 is 1.58 bits per heavy atom. The molecule has 26 heavy (non-hydrogen) atoms. The Balaban J connectivity index is 1.96. The summed E-state index contributed by atoms with van der Waals surface area (Å²) in [5.41, 5.74) is 1.48. The predicted octanol–water partition coefficient (Wildman–Crippen LogP) is 4.20. The molecule has 0 bridgehead atoms. The molecule has 1 heterocycles. The van der Waals surface area contributed by atoms with E-state index in [-0.39, 0.29) is 5.78 Å². The lowest BCUT2D eigenvalue weighted by Crippen LogP contribution is -2.47. The summed E-state index contributed by atoms with van der Waals surface area (Å²) in [7, 11) is 0. The summed E-state index contributed by atoms with van der Waals surface area (Å²) >= 11 is 11.7. The number of carbonyl (C=O) groups is 1. The van der Waals surface area contributed by atoms with Gasteiger partial charge in [0.2, 0.25) is 11.8 Å². The Morgan fingerprint density at radius 3 is 2.27 bits per heavy atom. The Labute approximate surface area is 163 Å². The Bertz CT molecular complexity index is 914. The fourth-order valence-electron chi connectivity index (χ4n) is 2.61. The lowest BCUT2D eigenvalue weighted by molar-refractivity contribution is -0.691. The standard InChI is InChI=1S/C21H17ClN2OS/c22-18-12-6-5-11-17(18)20(25)19(24-13-7-2-8-14-24)21(26)23-15-16-9-3-1-4-10-16/h1-14,19H,15H2. The van der Waals surface area contributed by atoms with Crippen molar-refractivity contribution in [2.75, 3.05) is 0 Å². The number of ketones is 1. The number of halogens is 1. The SMILES string of the molecule is O=C(c1ccccc1Cl)C(C([S-])=NCc1ccccc1)[n+]1ccccc1. The third kappa shape index (κ3) is 4.34. The topological polar surface area (TPSA) is 33.3 Å². The van der Waals surface area contributed by atoms with Gasteiger partial charge in [-0.1, -0.05) is 60.1 Å². The molecule has 3 aromatic rings. The highest BCUT2D eigenvalue weighted by Crippen LogP contribution is 2.20. The van der Waals surface area contributed by atoms with Crippen molar-refractivity contribution in [1.82, 2.24) is 0 Å². The smallest absolute Gasteiger partial charge is 0.237 e. The maximum atomic E-state index is 13.2. The van der Waals surface area contributed by atoms with Crippen LogP contribution in [0.1, 0.15) is 22.0 Å². The van der Waals surface area contributed by atoms with Crippen molar-refractivity contribution in [3.05, 3.63) is 101 Å². The molecular weight excluding hydrogens is 364 g/mol.